The van der Waals surface area contributed by atoms with Crippen molar-refractivity contribution in [2.24, 2.45) is 0 Å². The van der Waals surface area contributed by atoms with Gasteiger partial charge in [-0.3, -0.25) is 24.5 Å². The summed E-state index contributed by atoms with van der Waals surface area (Å²) >= 11 is 0. The molecule has 2 fully saturated rings. The fourth-order valence-electron chi connectivity index (χ4n) is 6.53. The number of rotatable bonds is 6. The molecule has 0 aromatic heterocycles. The third kappa shape index (κ3) is 4.78. The van der Waals surface area contributed by atoms with Crippen LogP contribution in [0.15, 0.2) is 24.3 Å². The Morgan fingerprint density at radius 2 is 1.85 bits per heavy atom. The number of fused-ring (bicyclic) bond motifs is 1. The molecule has 0 aliphatic carbocycles. The molecule has 2 saturated heterocycles. The van der Waals surface area contributed by atoms with Crippen molar-refractivity contribution in [2.75, 3.05) is 19.8 Å². The summed E-state index contributed by atoms with van der Waals surface area (Å²) in [4.78, 5) is 53.4. The van der Waals surface area contributed by atoms with E-state index in [0.717, 1.165) is 33.1 Å². The van der Waals surface area contributed by atoms with Crippen LogP contribution < -0.4 is 26.4 Å². The number of piperidine rings is 1. The van der Waals surface area contributed by atoms with E-state index in [1.807, 2.05) is 18.8 Å². The van der Waals surface area contributed by atoms with Crippen LogP contribution in [0.4, 0.5) is 0 Å². The van der Waals surface area contributed by atoms with Crippen LogP contribution in [0.1, 0.15) is 45.9 Å². The highest BCUT2D eigenvalue weighted by Crippen LogP contribution is 2.35. The Kier molecular flexibility index (Phi) is 7.46. The molecule has 2 atom stereocenters. The van der Waals surface area contributed by atoms with E-state index in [9.17, 15) is 19.2 Å². The number of ether oxygens (including phenoxy) is 2. The number of carbonyl (C=O) groups is 4. The van der Waals surface area contributed by atoms with Crippen LogP contribution in [0.25, 0.3) is 0 Å². The zero-order chi connectivity index (χ0) is 28.9. The van der Waals surface area contributed by atoms with Crippen molar-refractivity contribution in [3.8, 4) is 5.75 Å². The molecule has 1 N–H and O–H groups in total. The van der Waals surface area contributed by atoms with Crippen molar-refractivity contribution in [3.63, 3.8) is 0 Å². The number of nitrogens with one attached hydrogen (secondary N) is 1. The van der Waals surface area contributed by atoms with E-state index < -0.39 is 17.3 Å². The molecule has 0 spiro atoms. The molecule has 3 heterocycles. The van der Waals surface area contributed by atoms with E-state index in [-0.39, 0.29) is 43.3 Å². The van der Waals surface area contributed by atoms with Crippen molar-refractivity contribution in [3.05, 3.63) is 46.5 Å². The molecule has 40 heavy (non-hydrogen) atoms. The lowest BCUT2D eigenvalue weighted by atomic mass is 9.52. The van der Waals surface area contributed by atoms with Gasteiger partial charge in [0.15, 0.2) is 7.85 Å². The lowest BCUT2D eigenvalue weighted by molar-refractivity contribution is -0.145. The number of imide groups is 1. The predicted molar refractivity (Wildman–Crippen MR) is 167 cm³/mol. The average molecular weight is 534 g/mol. The average Bonchev–Trinajstić information content (AvgIpc) is 3.23. The summed E-state index contributed by atoms with van der Waals surface area (Å²) in [7, 11) is 12.4. The summed E-state index contributed by atoms with van der Waals surface area (Å²) in [6.07, 6.45) is 0.523. The first-order valence-corrected chi connectivity index (χ1v) is 13.8. The van der Waals surface area contributed by atoms with Crippen LogP contribution in [0.2, 0.25) is 0 Å². The van der Waals surface area contributed by atoms with Gasteiger partial charge in [0.1, 0.15) is 57.6 Å². The summed E-state index contributed by atoms with van der Waals surface area (Å²) in [6.45, 7) is 1.44. The first-order valence-electron chi connectivity index (χ1n) is 13.8. The molecule has 2 unspecified atom stereocenters. The van der Waals surface area contributed by atoms with Gasteiger partial charge in [-0.1, -0.05) is 28.5 Å². The van der Waals surface area contributed by atoms with E-state index in [1.54, 1.807) is 12.1 Å². The molecule has 3 aliphatic rings. The van der Waals surface area contributed by atoms with Gasteiger partial charge in [0.05, 0.1) is 19.2 Å². The van der Waals surface area contributed by atoms with E-state index in [4.69, 9.17) is 9.47 Å². The predicted octanol–water partition coefficient (Wildman–Crippen LogP) is -6.83. The second-order valence-electron chi connectivity index (χ2n) is 11.5. The van der Waals surface area contributed by atoms with Gasteiger partial charge in [0.25, 0.3) is 5.91 Å². The fourth-order valence-corrected chi connectivity index (χ4v) is 6.53. The van der Waals surface area contributed by atoms with Gasteiger partial charge >= 0.3 is 0 Å². The lowest BCUT2D eigenvalue weighted by Gasteiger charge is -2.43. The standard InChI is InChI=1S/C25H31B6N3O6/c26-14-8-13(25(30,31)34-6-7-39-10-18(34)36)20(27)21(28)19(14)22(29)40-16-3-1-2-11-12(16)9-33(24(11)38)15-4-5-17(35)32-23(15)37/h1-3,8,15,22H,4-7,9-10,26-31H2,(H,32,35,37). The number of benzene rings is 2. The highest BCUT2D eigenvalue weighted by Gasteiger charge is 2.40. The molecule has 2 aromatic carbocycles. The highest BCUT2D eigenvalue weighted by atomic mass is 16.5. The number of carbonyl (C=O) groups excluding carboxylic acids is 4. The molecule has 0 saturated carbocycles. The monoisotopic (exact) mass is 535 g/mol. The fraction of sp³-hybridized carbons (Fsp3) is 0.360. The molecule has 0 radical (unpaired) electrons. The van der Waals surface area contributed by atoms with Crippen molar-refractivity contribution in [2.45, 2.75) is 36.8 Å². The summed E-state index contributed by atoms with van der Waals surface area (Å²) in [5.41, 5.74) is 6.70. The van der Waals surface area contributed by atoms with Crippen molar-refractivity contribution < 1.29 is 28.7 Å². The number of hydrogen-bond acceptors (Lipinski definition) is 6. The number of hydrogen-bond donors (Lipinski definition) is 1. The Balaban J connectivity index is 1.41. The topological polar surface area (TPSA) is 105 Å². The molecule has 4 amide bonds. The molecular formula is C25H31B6N3O6. The first-order chi connectivity index (χ1) is 18.9. The lowest BCUT2D eigenvalue weighted by Crippen LogP contribution is -2.58. The van der Waals surface area contributed by atoms with Gasteiger partial charge in [-0.2, -0.15) is 0 Å². The van der Waals surface area contributed by atoms with Gasteiger partial charge in [0.2, 0.25) is 17.7 Å². The molecule has 200 valence electrons. The summed E-state index contributed by atoms with van der Waals surface area (Å²) in [5, 5.41) is 1.85. The molecule has 0 bridgehead atoms. The van der Waals surface area contributed by atoms with Crippen molar-refractivity contribution >= 4 is 87.1 Å². The summed E-state index contributed by atoms with van der Waals surface area (Å²) in [5.74, 6) is -0.375. The van der Waals surface area contributed by atoms with Gasteiger partial charge in [-0.25, -0.2) is 0 Å². The van der Waals surface area contributed by atoms with E-state index in [1.165, 1.54) is 4.90 Å². The Bertz CT molecular complexity index is 1440. The van der Waals surface area contributed by atoms with Gasteiger partial charge < -0.3 is 19.3 Å². The third-order valence-corrected chi connectivity index (χ3v) is 8.73. The number of amides is 4. The molecule has 3 aliphatic heterocycles. The van der Waals surface area contributed by atoms with E-state index in [0.29, 0.717) is 30.9 Å². The normalized spacial score (nSPS) is 20.4. The van der Waals surface area contributed by atoms with Gasteiger partial charge in [-0.15, -0.1) is 0 Å². The minimum atomic E-state index is -0.677. The maximum atomic E-state index is 13.2. The Morgan fingerprint density at radius 1 is 1.10 bits per heavy atom. The molecule has 15 heteroatoms. The molecule has 9 nitrogen and oxygen atoms in total. The van der Waals surface area contributed by atoms with Crippen molar-refractivity contribution in [1.29, 1.82) is 0 Å². The second kappa shape index (κ2) is 10.6. The van der Waals surface area contributed by atoms with Crippen LogP contribution in [0.5, 0.6) is 5.75 Å². The SMILES string of the molecule is Bc1cc(C(B)(B)N2CCOCC2=O)c(B)c(B)c1C(B)Oc1cccc2c1CN(C1CCC(=O)NC1=O)C2=O. The number of nitrogens with zero attached hydrogens (tertiary/aromatic N) is 2. The minimum absolute atomic E-state index is 0.00874. The largest absolute Gasteiger partial charge is 0.495 e. The molecular weight excluding hydrogens is 503 g/mol. The maximum absolute atomic E-state index is 13.2. The highest BCUT2D eigenvalue weighted by molar-refractivity contribution is 6.54. The Labute approximate surface area is 239 Å². The van der Waals surface area contributed by atoms with Gasteiger partial charge in [0, 0.05) is 29.4 Å². The smallest absolute Gasteiger partial charge is 0.255 e. The van der Waals surface area contributed by atoms with Crippen LogP contribution in [-0.2, 0) is 31.0 Å². The number of morpholine rings is 1. The molecule has 2 aromatic rings. The summed E-state index contributed by atoms with van der Waals surface area (Å²) < 4.78 is 11.9. The Hall–Kier alpha value is -3.33. The van der Waals surface area contributed by atoms with Crippen LogP contribution in [-0.4, -0.2) is 106 Å². The zero-order valence-electron chi connectivity index (χ0n) is 24.1. The second-order valence-corrected chi connectivity index (χ2v) is 11.5. The third-order valence-electron chi connectivity index (χ3n) is 8.73. The Morgan fingerprint density at radius 3 is 2.55 bits per heavy atom. The molecule has 5 rings (SSSR count). The van der Waals surface area contributed by atoms with Crippen LogP contribution in [0, 0.1) is 0 Å². The minimum Gasteiger partial charge on any atom is -0.495 e. The van der Waals surface area contributed by atoms with Crippen molar-refractivity contribution in [1.82, 2.24) is 15.1 Å². The zero-order valence-corrected chi connectivity index (χ0v) is 24.1. The van der Waals surface area contributed by atoms with Gasteiger partial charge in [-0.05, 0) is 29.7 Å². The van der Waals surface area contributed by atoms with Crippen LogP contribution >= 0.6 is 0 Å². The van der Waals surface area contributed by atoms with E-state index >= 15 is 0 Å². The first kappa shape index (κ1) is 28.2. The van der Waals surface area contributed by atoms with Crippen LogP contribution in [0.3, 0.4) is 0 Å². The summed E-state index contributed by atoms with van der Waals surface area (Å²) in [6, 6.07) is 6.57. The van der Waals surface area contributed by atoms with E-state index in [2.05, 4.69) is 50.6 Å². The quantitative estimate of drug-likeness (QED) is 0.292. The maximum Gasteiger partial charge on any atom is 0.255 e.